The number of aliphatic hydroxyl groups is 1. The monoisotopic (exact) mass is 458 g/mol. The van der Waals surface area contributed by atoms with E-state index in [1.807, 2.05) is 30.5 Å². The van der Waals surface area contributed by atoms with Gasteiger partial charge in [-0.25, -0.2) is 0 Å². The summed E-state index contributed by atoms with van der Waals surface area (Å²) in [6.07, 6.45) is -0.961. The average molecular weight is 459 g/mol. The SMILES string of the molecule is Cc1c(C(N)O)sc2c1C(c1ccc(Cl)cc1)=N[C@@H](CC(=O)N(C)C)c1nnc(C)n1-2. The summed E-state index contributed by atoms with van der Waals surface area (Å²) >= 11 is 7.49. The van der Waals surface area contributed by atoms with Crippen LogP contribution < -0.4 is 5.73 Å². The number of fused-ring (bicyclic) bond motifs is 3. The molecule has 31 heavy (non-hydrogen) atoms. The van der Waals surface area contributed by atoms with E-state index in [4.69, 9.17) is 22.3 Å². The number of rotatable bonds is 4. The Morgan fingerprint density at radius 3 is 2.58 bits per heavy atom. The number of carbonyl (C=O) groups is 1. The lowest BCUT2D eigenvalue weighted by atomic mass is 9.99. The molecule has 1 aliphatic heterocycles. The number of hydrogen-bond donors (Lipinski definition) is 2. The van der Waals surface area contributed by atoms with Gasteiger partial charge in [0, 0.05) is 30.2 Å². The standard InChI is InChI=1S/C21H23ClN6O2S/c1-10-16-17(12-5-7-13(22)8-6-12)24-14(9-15(29)27(3)4)20-26-25-11(2)28(20)21(16)31-18(10)19(23)30/h5-8,14,19,30H,9,23H2,1-4H3/t14-,19?/m0/s1. The van der Waals surface area contributed by atoms with Gasteiger partial charge in [0.15, 0.2) is 5.82 Å². The van der Waals surface area contributed by atoms with Gasteiger partial charge in [-0.05, 0) is 31.5 Å². The molecular formula is C21H23ClN6O2S. The van der Waals surface area contributed by atoms with Gasteiger partial charge in [0.05, 0.1) is 17.0 Å². The van der Waals surface area contributed by atoms with Crippen molar-refractivity contribution in [1.29, 1.82) is 0 Å². The Kier molecular flexibility index (Phi) is 5.69. The number of amides is 1. The molecule has 2 atom stereocenters. The van der Waals surface area contributed by atoms with Crippen molar-refractivity contribution in [3.05, 3.63) is 62.5 Å². The minimum Gasteiger partial charge on any atom is -0.374 e. The highest BCUT2D eigenvalue weighted by molar-refractivity contribution is 7.15. The average Bonchev–Trinajstić information content (AvgIpc) is 3.21. The molecule has 1 aliphatic rings. The van der Waals surface area contributed by atoms with Crippen LogP contribution in [0.25, 0.3) is 5.00 Å². The maximum atomic E-state index is 12.6. The van der Waals surface area contributed by atoms with Crippen LogP contribution >= 0.6 is 22.9 Å². The number of halogens is 1. The molecule has 1 unspecified atom stereocenters. The van der Waals surface area contributed by atoms with Crippen LogP contribution in [0.3, 0.4) is 0 Å². The van der Waals surface area contributed by atoms with Crippen molar-refractivity contribution < 1.29 is 9.90 Å². The number of aliphatic imine (C=N–C) groups is 1. The molecule has 2 aromatic heterocycles. The summed E-state index contributed by atoms with van der Waals surface area (Å²) in [6, 6.07) is 6.87. The van der Waals surface area contributed by atoms with Gasteiger partial charge < -0.3 is 15.7 Å². The molecular weight excluding hydrogens is 436 g/mol. The van der Waals surface area contributed by atoms with Gasteiger partial charge in [0.2, 0.25) is 5.91 Å². The van der Waals surface area contributed by atoms with Crippen LogP contribution in [-0.4, -0.2) is 50.5 Å². The fourth-order valence-corrected chi connectivity index (χ4v) is 5.05. The van der Waals surface area contributed by atoms with Gasteiger partial charge in [0.25, 0.3) is 0 Å². The normalized spacial score (nSPS) is 16.2. The lowest BCUT2D eigenvalue weighted by Gasteiger charge is -2.16. The third-order valence-corrected chi connectivity index (χ3v) is 6.89. The molecule has 3 heterocycles. The number of aromatic nitrogens is 3. The number of nitrogens with two attached hydrogens (primary N) is 1. The molecule has 0 saturated heterocycles. The first kappa shape index (κ1) is 21.6. The van der Waals surface area contributed by atoms with E-state index in [2.05, 4.69) is 10.2 Å². The Morgan fingerprint density at radius 2 is 1.97 bits per heavy atom. The van der Waals surface area contributed by atoms with Crippen molar-refractivity contribution in [1.82, 2.24) is 19.7 Å². The van der Waals surface area contributed by atoms with Crippen LogP contribution in [0.2, 0.25) is 5.02 Å². The molecule has 4 rings (SSSR count). The van der Waals surface area contributed by atoms with E-state index in [0.717, 1.165) is 21.7 Å². The summed E-state index contributed by atoms with van der Waals surface area (Å²) in [5, 5.41) is 20.2. The van der Waals surface area contributed by atoms with E-state index in [0.29, 0.717) is 27.3 Å². The first-order valence-electron chi connectivity index (χ1n) is 9.72. The first-order chi connectivity index (χ1) is 14.7. The van der Waals surface area contributed by atoms with Gasteiger partial charge in [-0.15, -0.1) is 21.5 Å². The molecule has 1 amide bonds. The van der Waals surface area contributed by atoms with Gasteiger partial charge in [-0.3, -0.25) is 14.4 Å². The Hall–Kier alpha value is -2.59. The Labute approximate surface area is 189 Å². The maximum absolute atomic E-state index is 12.6. The van der Waals surface area contributed by atoms with Gasteiger partial charge >= 0.3 is 0 Å². The number of carbonyl (C=O) groups excluding carboxylic acids is 1. The highest BCUT2D eigenvalue weighted by atomic mass is 35.5. The molecule has 0 radical (unpaired) electrons. The molecule has 8 nitrogen and oxygen atoms in total. The Balaban J connectivity index is 2.01. The van der Waals surface area contributed by atoms with Crippen molar-refractivity contribution in [3.63, 3.8) is 0 Å². The maximum Gasteiger partial charge on any atom is 0.224 e. The number of thiophene rings is 1. The number of aryl methyl sites for hydroxylation is 1. The minimum absolute atomic E-state index is 0.0588. The second kappa shape index (κ2) is 8.16. The van der Waals surface area contributed by atoms with E-state index < -0.39 is 12.3 Å². The van der Waals surface area contributed by atoms with Gasteiger partial charge in [-0.2, -0.15) is 0 Å². The zero-order valence-electron chi connectivity index (χ0n) is 17.6. The molecule has 0 spiro atoms. The highest BCUT2D eigenvalue weighted by Gasteiger charge is 2.33. The molecule has 162 valence electrons. The Bertz CT molecular complexity index is 1180. The van der Waals surface area contributed by atoms with Crippen molar-refractivity contribution in [3.8, 4) is 5.00 Å². The largest absolute Gasteiger partial charge is 0.374 e. The summed E-state index contributed by atoms with van der Waals surface area (Å²) in [5.41, 5.74) is 9.08. The van der Waals surface area contributed by atoms with Gasteiger partial charge in [-0.1, -0.05) is 23.7 Å². The van der Waals surface area contributed by atoms with Crippen LogP contribution in [0, 0.1) is 13.8 Å². The zero-order chi connectivity index (χ0) is 22.4. The fraction of sp³-hybridized carbons (Fsp3) is 0.333. The lowest BCUT2D eigenvalue weighted by molar-refractivity contribution is -0.129. The third-order valence-electron chi connectivity index (χ3n) is 5.29. The summed E-state index contributed by atoms with van der Waals surface area (Å²) in [6.45, 7) is 3.77. The minimum atomic E-state index is -1.12. The number of hydrogen-bond acceptors (Lipinski definition) is 7. The van der Waals surface area contributed by atoms with Gasteiger partial charge in [0.1, 0.15) is 23.1 Å². The summed E-state index contributed by atoms with van der Waals surface area (Å²) in [5.74, 6) is 1.19. The predicted octanol–water partition coefficient (Wildman–Crippen LogP) is 2.92. The summed E-state index contributed by atoms with van der Waals surface area (Å²) < 4.78 is 1.92. The molecule has 1 aromatic carbocycles. The molecule has 10 heteroatoms. The van der Waals surface area contributed by atoms with Crippen molar-refractivity contribution in [2.75, 3.05) is 14.1 Å². The molecule has 0 bridgehead atoms. The van der Waals surface area contributed by atoms with Crippen LogP contribution in [0.4, 0.5) is 0 Å². The second-order valence-electron chi connectivity index (χ2n) is 7.65. The van der Waals surface area contributed by atoms with E-state index in [9.17, 15) is 9.90 Å². The van der Waals surface area contributed by atoms with Crippen LogP contribution in [0.1, 0.15) is 51.9 Å². The van der Waals surface area contributed by atoms with Crippen molar-refractivity contribution >= 4 is 34.6 Å². The lowest BCUT2D eigenvalue weighted by Crippen LogP contribution is -2.24. The van der Waals surface area contributed by atoms with E-state index in [1.165, 1.54) is 11.3 Å². The molecule has 3 aromatic rings. The van der Waals surface area contributed by atoms with Crippen LogP contribution in [0.5, 0.6) is 0 Å². The van der Waals surface area contributed by atoms with Crippen molar-refractivity contribution in [2.24, 2.45) is 10.7 Å². The smallest absolute Gasteiger partial charge is 0.224 e. The topological polar surface area (TPSA) is 110 Å². The molecule has 3 N–H and O–H groups in total. The number of aliphatic hydroxyl groups excluding tert-OH is 1. The fourth-order valence-electron chi connectivity index (χ4n) is 3.67. The highest BCUT2D eigenvalue weighted by Crippen LogP contribution is 2.41. The number of nitrogens with zero attached hydrogens (tertiary/aromatic N) is 5. The molecule has 0 saturated carbocycles. The number of benzene rings is 1. The molecule has 0 fully saturated rings. The van der Waals surface area contributed by atoms with Crippen LogP contribution in [0.15, 0.2) is 29.3 Å². The van der Waals surface area contributed by atoms with Crippen LogP contribution in [-0.2, 0) is 4.79 Å². The summed E-state index contributed by atoms with van der Waals surface area (Å²) in [7, 11) is 3.43. The van der Waals surface area contributed by atoms with E-state index in [1.54, 1.807) is 31.1 Å². The zero-order valence-corrected chi connectivity index (χ0v) is 19.2. The summed E-state index contributed by atoms with van der Waals surface area (Å²) in [4.78, 5) is 19.8. The van der Waals surface area contributed by atoms with E-state index >= 15 is 0 Å². The third kappa shape index (κ3) is 3.78. The van der Waals surface area contributed by atoms with Crippen molar-refractivity contribution in [2.45, 2.75) is 32.5 Å². The first-order valence-corrected chi connectivity index (χ1v) is 10.9. The van der Waals surface area contributed by atoms with E-state index in [-0.39, 0.29) is 12.3 Å². The Morgan fingerprint density at radius 1 is 1.29 bits per heavy atom. The second-order valence-corrected chi connectivity index (χ2v) is 9.12. The molecule has 0 aliphatic carbocycles. The quantitative estimate of drug-likeness (QED) is 0.584. The predicted molar refractivity (Wildman–Crippen MR) is 121 cm³/mol.